The van der Waals surface area contributed by atoms with Crippen molar-refractivity contribution in [3.8, 4) is 11.4 Å². The molecule has 1 atom stereocenters. The summed E-state index contributed by atoms with van der Waals surface area (Å²) in [6.07, 6.45) is 0.485. The highest BCUT2D eigenvalue weighted by molar-refractivity contribution is 5.97. The van der Waals surface area contributed by atoms with Crippen molar-refractivity contribution in [1.82, 2.24) is 9.13 Å². The number of aromatic nitrogens is 2. The number of benzene rings is 2. The molecule has 0 aliphatic heterocycles. The lowest BCUT2D eigenvalue weighted by molar-refractivity contribution is -0.384. The van der Waals surface area contributed by atoms with E-state index >= 15 is 0 Å². The third-order valence-corrected chi connectivity index (χ3v) is 5.40. The molecule has 0 aliphatic carbocycles. The Morgan fingerprint density at radius 1 is 1.08 bits per heavy atom. The summed E-state index contributed by atoms with van der Waals surface area (Å²) < 4.78 is 13.1. The zero-order valence-corrected chi connectivity index (χ0v) is 20.7. The fraction of sp³-hybridized carbons (Fsp3) is 0.320. The van der Waals surface area contributed by atoms with Gasteiger partial charge in [0.1, 0.15) is 23.6 Å². The Hall–Kier alpha value is -4.25. The molecule has 36 heavy (non-hydrogen) atoms. The molecule has 3 aromatic rings. The van der Waals surface area contributed by atoms with Crippen molar-refractivity contribution in [2.24, 2.45) is 5.16 Å². The Balaban J connectivity index is 2.28. The standard InChI is InChI=1S/C25H28N4O7/c1-16(2)36-26-17(3)19-14-27(15-23(35-5)18-10-6-9-13-22(18)34-4)25(31)28(24(19)30)20-11-7-8-12-21(20)29(32)33/h6-14,16,23H,15H2,1-5H3/b26-17+. The van der Waals surface area contributed by atoms with E-state index in [1.165, 1.54) is 49.2 Å². The Labute approximate surface area is 207 Å². The van der Waals surface area contributed by atoms with Crippen LogP contribution in [0.25, 0.3) is 5.69 Å². The lowest BCUT2D eigenvalue weighted by Crippen LogP contribution is -2.42. The monoisotopic (exact) mass is 496 g/mol. The highest BCUT2D eigenvalue weighted by atomic mass is 16.6. The summed E-state index contributed by atoms with van der Waals surface area (Å²) in [5.41, 5.74) is -1.13. The third kappa shape index (κ3) is 5.52. The van der Waals surface area contributed by atoms with Crippen LogP contribution in [-0.4, -0.2) is 40.1 Å². The van der Waals surface area contributed by atoms with E-state index in [1.807, 2.05) is 12.1 Å². The summed E-state index contributed by atoms with van der Waals surface area (Å²) in [6, 6.07) is 12.7. The molecule has 0 fully saturated rings. The van der Waals surface area contributed by atoms with Crippen LogP contribution in [0.2, 0.25) is 0 Å². The molecule has 3 rings (SSSR count). The topological polar surface area (TPSA) is 127 Å². The van der Waals surface area contributed by atoms with Crippen molar-refractivity contribution in [1.29, 1.82) is 0 Å². The van der Waals surface area contributed by atoms with Crippen LogP contribution in [-0.2, 0) is 16.1 Å². The van der Waals surface area contributed by atoms with Crippen molar-refractivity contribution in [2.45, 2.75) is 39.5 Å². The van der Waals surface area contributed by atoms with Gasteiger partial charge in [0.25, 0.3) is 11.2 Å². The van der Waals surface area contributed by atoms with Crippen LogP contribution in [0, 0.1) is 10.1 Å². The van der Waals surface area contributed by atoms with Gasteiger partial charge in [0, 0.05) is 24.9 Å². The fourth-order valence-corrected chi connectivity index (χ4v) is 3.65. The second kappa shape index (κ2) is 11.5. The summed E-state index contributed by atoms with van der Waals surface area (Å²) >= 11 is 0. The number of nitro groups is 1. The largest absolute Gasteiger partial charge is 0.496 e. The number of rotatable bonds is 10. The van der Waals surface area contributed by atoms with Gasteiger partial charge in [-0.15, -0.1) is 0 Å². The van der Waals surface area contributed by atoms with Crippen molar-refractivity contribution in [3.05, 3.63) is 96.8 Å². The predicted molar refractivity (Wildman–Crippen MR) is 134 cm³/mol. The lowest BCUT2D eigenvalue weighted by Gasteiger charge is -2.21. The minimum atomic E-state index is -0.771. The summed E-state index contributed by atoms with van der Waals surface area (Å²) in [5, 5.41) is 15.7. The average Bonchev–Trinajstić information content (AvgIpc) is 2.87. The molecule has 0 spiro atoms. The van der Waals surface area contributed by atoms with E-state index in [4.69, 9.17) is 14.3 Å². The number of nitro benzene ring substituents is 1. The molecule has 11 nitrogen and oxygen atoms in total. The van der Waals surface area contributed by atoms with Gasteiger partial charge >= 0.3 is 5.69 Å². The summed E-state index contributed by atoms with van der Waals surface area (Å²) in [7, 11) is 3.02. The minimum Gasteiger partial charge on any atom is -0.496 e. The van der Waals surface area contributed by atoms with Gasteiger partial charge in [-0.3, -0.25) is 19.5 Å². The summed E-state index contributed by atoms with van der Waals surface area (Å²) in [6.45, 7) is 5.10. The molecule has 2 aromatic carbocycles. The zero-order chi connectivity index (χ0) is 26.4. The Morgan fingerprint density at radius 3 is 2.39 bits per heavy atom. The summed E-state index contributed by atoms with van der Waals surface area (Å²) in [4.78, 5) is 43.4. The molecule has 0 saturated heterocycles. The molecular weight excluding hydrogens is 468 g/mol. The van der Waals surface area contributed by atoms with Crippen LogP contribution in [0.4, 0.5) is 5.69 Å². The normalized spacial score (nSPS) is 12.4. The first-order valence-electron chi connectivity index (χ1n) is 11.2. The first-order chi connectivity index (χ1) is 17.2. The highest BCUT2D eigenvalue weighted by Crippen LogP contribution is 2.28. The van der Waals surface area contributed by atoms with Crippen LogP contribution in [0.3, 0.4) is 0 Å². The van der Waals surface area contributed by atoms with Gasteiger partial charge in [-0.05, 0) is 32.9 Å². The maximum absolute atomic E-state index is 13.6. The van der Waals surface area contributed by atoms with Crippen LogP contribution in [0.15, 0.2) is 69.5 Å². The van der Waals surface area contributed by atoms with Gasteiger partial charge < -0.3 is 14.3 Å². The molecule has 1 unspecified atom stereocenters. The van der Waals surface area contributed by atoms with E-state index < -0.39 is 22.3 Å². The van der Waals surface area contributed by atoms with E-state index in [9.17, 15) is 19.7 Å². The van der Waals surface area contributed by atoms with Crippen molar-refractivity contribution in [2.75, 3.05) is 14.2 Å². The molecule has 11 heteroatoms. The van der Waals surface area contributed by atoms with E-state index in [0.717, 1.165) is 4.57 Å². The molecule has 1 aromatic heterocycles. The molecular formula is C25H28N4O7. The van der Waals surface area contributed by atoms with Crippen LogP contribution < -0.4 is 16.0 Å². The van der Waals surface area contributed by atoms with Gasteiger partial charge in [-0.25, -0.2) is 9.36 Å². The van der Waals surface area contributed by atoms with Gasteiger partial charge in [-0.2, -0.15) is 0 Å². The van der Waals surface area contributed by atoms with Crippen molar-refractivity contribution in [3.63, 3.8) is 0 Å². The van der Waals surface area contributed by atoms with Crippen LogP contribution in [0.5, 0.6) is 5.75 Å². The molecule has 0 aliphatic rings. The quantitative estimate of drug-likeness (QED) is 0.239. The smallest absolute Gasteiger partial charge is 0.335 e. The molecule has 0 amide bonds. The number of oxime groups is 1. The Kier molecular flexibility index (Phi) is 8.38. The Bertz CT molecular complexity index is 1390. The minimum absolute atomic E-state index is 0.0120. The fourth-order valence-electron chi connectivity index (χ4n) is 3.65. The second-order valence-corrected chi connectivity index (χ2v) is 8.16. The molecule has 0 N–H and O–H groups in total. The third-order valence-electron chi connectivity index (χ3n) is 5.40. The molecule has 1 heterocycles. The molecule has 0 radical (unpaired) electrons. The SMILES string of the molecule is COc1ccccc1C(Cn1cc(/C(C)=N/OC(C)C)c(=O)n(-c2ccccc2[N+](=O)[O-])c1=O)OC. The first kappa shape index (κ1) is 26.4. The zero-order valence-electron chi connectivity index (χ0n) is 20.7. The number of para-hydroxylation sites is 3. The number of hydrogen-bond donors (Lipinski definition) is 0. The van der Waals surface area contributed by atoms with Gasteiger partial charge in [0.2, 0.25) is 0 Å². The maximum Gasteiger partial charge on any atom is 0.335 e. The predicted octanol–water partition coefficient (Wildman–Crippen LogP) is 3.45. The lowest BCUT2D eigenvalue weighted by atomic mass is 10.1. The van der Waals surface area contributed by atoms with Crippen LogP contribution >= 0.6 is 0 Å². The highest BCUT2D eigenvalue weighted by Gasteiger charge is 2.24. The first-order valence-corrected chi connectivity index (χ1v) is 11.2. The van der Waals surface area contributed by atoms with Crippen LogP contribution in [0.1, 0.15) is 38.0 Å². The maximum atomic E-state index is 13.6. The van der Waals surface area contributed by atoms with Gasteiger partial charge in [0.05, 0.1) is 29.9 Å². The number of methoxy groups -OCH3 is 2. The molecule has 190 valence electrons. The van der Waals surface area contributed by atoms with E-state index in [-0.39, 0.29) is 35.3 Å². The molecule has 0 saturated carbocycles. The van der Waals surface area contributed by atoms with Gasteiger partial charge in [-0.1, -0.05) is 35.5 Å². The van der Waals surface area contributed by atoms with E-state index in [0.29, 0.717) is 11.3 Å². The number of nitrogens with zero attached hydrogens (tertiary/aromatic N) is 4. The Morgan fingerprint density at radius 2 is 1.75 bits per heavy atom. The number of ether oxygens (including phenoxy) is 2. The summed E-state index contributed by atoms with van der Waals surface area (Å²) in [5.74, 6) is 0.563. The molecule has 0 bridgehead atoms. The van der Waals surface area contributed by atoms with Crippen molar-refractivity contribution < 1.29 is 19.2 Å². The van der Waals surface area contributed by atoms with Gasteiger partial charge in [0.15, 0.2) is 0 Å². The number of hydrogen-bond acceptors (Lipinski definition) is 8. The van der Waals surface area contributed by atoms with E-state index in [1.54, 1.807) is 32.9 Å². The van der Waals surface area contributed by atoms with E-state index in [2.05, 4.69) is 5.16 Å². The van der Waals surface area contributed by atoms with Crippen molar-refractivity contribution >= 4 is 11.4 Å². The second-order valence-electron chi connectivity index (χ2n) is 8.16. The average molecular weight is 497 g/mol.